The quantitative estimate of drug-likeness (QED) is 0.664. The highest BCUT2D eigenvalue weighted by molar-refractivity contribution is 9.09. The van der Waals surface area contributed by atoms with Crippen molar-refractivity contribution >= 4 is 33.3 Å². The van der Waals surface area contributed by atoms with Crippen LogP contribution in [-0.2, 0) is 14.4 Å². The van der Waals surface area contributed by atoms with Gasteiger partial charge in [-0.25, -0.2) is 4.39 Å². The molecule has 0 radical (unpaired) electrons. The van der Waals surface area contributed by atoms with Gasteiger partial charge in [0.2, 0.25) is 0 Å². The lowest BCUT2D eigenvalue weighted by molar-refractivity contribution is -0.167. The fraction of sp³-hybridized carbons (Fsp3) is 0.762. The molecule has 4 aliphatic carbocycles. The van der Waals surface area contributed by atoms with E-state index in [1.165, 1.54) is 0 Å². The van der Waals surface area contributed by atoms with Gasteiger partial charge in [0.15, 0.2) is 17.4 Å². The molecule has 0 unspecified atom stereocenters. The van der Waals surface area contributed by atoms with Crippen LogP contribution in [0.5, 0.6) is 0 Å². The van der Waals surface area contributed by atoms with Gasteiger partial charge in [0, 0.05) is 29.6 Å². The molecule has 0 bridgehead atoms. The number of Topliss-reactive ketones (excluding diaryl/α,β-unsaturated/α-hetero) is 3. The van der Waals surface area contributed by atoms with Crippen molar-refractivity contribution in [1.29, 1.82) is 0 Å². The highest BCUT2D eigenvalue weighted by atomic mass is 79.9. The topological polar surface area (TPSA) is 71.4 Å². The van der Waals surface area contributed by atoms with Crippen LogP contribution in [-0.4, -0.2) is 33.4 Å². The number of allylic oxidation sites excluding steroid dienone is 1. The van der Waals surface area contributed by atoms with Gasteiger partial charge in [0.1, 0.15) is 11.4 Å². The van der Waals surface area contributed by atoms with Crippen molar-refractivity contribution in [3.8, 4) is 0 Å². The molecule has 0 saturated heterocycles. The molecular weight excluding hydrogens is 415 g/mol. The Morgan fingerprint density at radius 2 is 1.93 bits per heavy atom. The summed E-state index contributed by atoms with van der Waals surface area (Å²) in [6.07, 6.45) is 3.01. The number of hydrogen-bond donors (Lipinski definition) is 1. The summed E-state index contributed by atoms with van der Waals surface area (Å²) >= 11 is 3.18. The first-order valence-corrected chi connectivity index (χ1v) is 11.0. The van der Waals surface area contributed by atoms with Gasteiger partial charge in [-0.1, -0.05) is 29.8 Å². The van der Waals surface area contributed by atoms with Crippen molar-refractivity contribution in [2.45, 2.75) is 64.4 Å². The molecule has 1 N–H and O–H groups in total. The third-order valence-corrected chi connectivity index (χ3v) is 8.99. The minimum atomic E-state index is -1.48. The number of rotatable bonds is 2. The lowest BCUT2D eigenvalue weighted by Gasteiger charge is -2.57. The fourth-order valence-electron chi connectivity index (χ4n) is 7.05. The minimum absolute atomic E-state index is 0.0169. The van der Waals surface area contributed by atoms with Crippen molar-refractivity contribution in [2.75, 3.05) is 5.33 Å². The van der Waals surface area contributed by atoms with Gasteiger partial charge >= 0.3 is 0 Å². The smallest absolute Gasteiger partial charge is 0.191 e. The summed E-state index contributed by atoms with van der Waals surface area (Å²) in [4.78, 5) is 37.8. The van der Waals surface area contributed by atoms with Gasteiger partial charge in [-0.2, -0.15) is 0 Å². The van der Waals surface area contributed by atoms with Crippen molar-refractivity contribution in [3.05, 3.63) is 11.4 Å². The van der Waals surface area contributed by atoms with Gasteiger partial charge in [-0.15, -0.1) is 0 Å². The summed E-state index contributed by atoms with van der Waals surface area (Å²) in [6, 6.07) is 0. The third kappa shape index (κ3) is 2.32. The van der Waals surface area contributed by atoms with Crippen LogP contribution in [0.3, 0.4) is 0 Å². The number of carbonyl (C=O) groups is 3. The molecule has 4 rings (SSSR count). The average molecular weight is 441 g/mol. The Hall–Kier alpha value is -0.880. The second-order valence-electron chi connectivity index (χ2n) is 9.44. The molecule has 0 amide bonds. The van der Waals surface area contributed by atoms with E-state index in [2.05, 4.69) is 15.9 Å². The molecule has 0 aliphatic heterocycles. The summed E-state index contributed by atoms with van der Waals surface area (Å²) in [7, 11) is 0. The molecule has 0 aromatic rings. The van der Waals surface area contributed by atoms with Crippen LogP contribution in [0.1, 0.15) is 58.8 Å². The number of carbonyl (C=O) groups excluding carboxylic acids is 3. The highest BCUT2D eigenvalue weighted by Crippen LogP contribution is 2.67. The van der Waals surface area contributed by atoms with Crippen LogP contribution in [0.4, 0.5) is 4.39 Å². The van der Waals surface area contributed by atoms with Crippen molar-refractivity contribution < 1.29 is 23.9 Å². The molecule has 4 aliphatic rings. The van der Waals surface area contributed by atoms with Crippen LogP contribution in [0.15, 0.2) is 11.4 Å². The number of alkyl halides is 1. The highest BCUT2D eigenvalue weighted by Gasteiger charge is 2.68. The van der Waals surface area contributed by atoms with Gasteiger partial charge in [0.05, 0.1) is 5.33 Å². The molecule has 0 aromatic carbocycles. The Bertz CT molecular complexity index is 776. The van der Waals surface area contributed by atoms with Gasteiger partial charge in [-0.05, 0) is 49.5 Å². The van der Waals surface area contributed by atoms with Crippen molar-refractivity contribution in [1.82, 2.24) is 0 Å². The minimum Gasteiger partial charge on any atom is -0.381 e. The summed E-state index contributed by atoms with van der Waals surface area (Å²) in [5, 5.41) is 11.3. The zero-order valence-corrected chi connectivity index (χ0v) is 17.4. The molecule has 0 aromatic heterocycles. The van der Waals surface area contributed by atoms with E-state index in [1.807, 2.05) is 13.8 Å². The lowest BCUT2D eigenvalue weighted by Crippen LogP contribution is -2.60. The number of fused-ring (bicyclic) bond motifs is 5. The Labute approximate surface area is 167 Å². The lowest BCUT2D eigenvalue weighted by atomic mass is 9.45. The van der Waals surface area contributed by atoms with Gasteiger partial charge in [0.25, 0.3) is 0 Å². The van der Waals surface area contributed by atoms with Crippen molar-refractivity contribution in [2.24, 2.45) is 28.6 Å². The van der Waals surface area contributed by atoms with Crippen LogP contribution >= 0.6 is 15.9 Å². The Morgan fingerprint density at radius 3 is 2.59 bits per heavy atom. The van der Waals surface area contributed by atoms with E-state index in [-0.39, 0.29) is 47.5 Å². The molecule has 4 nitrogen and oxygen atoms in total. The largest absolute Gasteiger partial charge is 0.381 e. The Morgan fingerprint density at radius 1 is 1.22 bits per heavy atom. The molecule has 6 atom stereocenters. The number of aliphatic hydroxyl groups is 1. The maximum absolute atomic E-state index is 14.6. The van der Waals surface area contributed by atoms with Crippen LogP contribution in [0.25, 0.3) is 0 Å². The first-order chi connectivity index (χ1) is 12.6. The fourth-order valence-corrected chi connectivity index (χ4v) is 7.51. The molecule has 6 heteroatoms. The van der Waals surface area contributed by atoms with E-state index in [0.717, 1.165) is 0 Å². The summed E-state index contributed by atoms with van der Waals surface area (Å²) in [5.74, 6) is -1.53. The van der Waals surface area contributed by atoms with Crippen LogP contribution in [0.2, 0.25) is 0 Å². The van der Waals surface area contributed by atoms with E-state index in [0.29, 0.717) is 37.7 Å². The van der Waals surface area contributed by atoms with Crippen LogP contribution < -0.4 is 0 Å². The summed E-state index contributed by atoms with van der Waals surface area (Å²) < 4.78 is 14.6. The van der Waals surface area contributed by atoms with Gasteiger partial charge in [-0.3, -0.25) is 14.4 Å². The Balaban J connectivity index is 1.77. The number of halogens is 2. The normalized spacial score (nSPS) is 46.8. The first-order valence-electron chi connectivity index (χ1n) is 9.87. The summed E-state index contributed by atoms with van der Waals surface area (Å²) in [6.45, 7) is 3.83. The molecule has 0 spiro atoms. The second kappa shape index (κ2) is 6.06. The SMILES string of the molecule is C[C@]12CCC(=O)C(F)=C1CC[C@@H]1[C@@H]2C(=O)C[C@@]2(C)[C@H]1CC[C@]2(O)C(=O)CBr. The first kappa shape index (κ1) is 19.4. The second-order valence-corrected chi connectivity index (χ2v) is 10.00. The molecule has 3 saturated carbocycles. The Kier molecular flexibility index (Phi) is 4.36. The van der Waals surface area contributed by atoms with Crippen molar-refractivity contribution in [3.63, 3.8) is 0 Å². The maximum Gasteiger partial charge on any atom is 0.191 e. The van der Waals surface area contributed by atoms with Crippen LogP contribution in [0, 0.1) is 28.6 Å². The zero-order valence-electron chi connectivity index (χ0n) is 15.8. The standard InChI is InChI=1S/C21H26BrFO4/c1-19-7-6-14(24)18(23)13(19)4-3-11-12-5-8-21(27,16(26)10-22)20(12,2)9-15(25)17(11)19/h11-12,17,27H,3-10H2,1-2H3/t11-,12-,17+,19-,20-,21-/m0/s1. The monoisotopic (exact) mass is 440 g/mol. The maximum atomic E-state index is 14.6. The van der Waals surface area contributed by atoms with E-state index < -0.39 is 28.0 Å². The van der Waals surface area contributed by atoms with Gasteiger partial charge < -0.3 is 5.11 Å². The average Bonchev–Trinajstić information content (AvgIpc) is 2.89. The van der Waals surface area contributed by atoms with E-state index in [1.54, 1.807) is 0 Å². The van der Waals surface area contributed by atoms with E-state index >= 15 is 0 Å². The number of hydrogen-bond acceptors (Lipinski definition) is 4. The molecule has 0 heterocycles. The van der Waals surface area contributed by atoms with E-state index in [4.69, 9.17) is 0 Å². The predicted octanol–water partition coefficient (Wildman–Crippen LogP) is 3.69. The molecular formula is C21H26BrFO4. The molecule has 3 fully saturated rings. The predicted molar refractivity (Wildman–Crippen MR) is 101 cm³/mol. The summed E-state index contributed by atoms with van der Waals surface area (Å²) in [5.41, 5.74) is -2.33. The van der Waals surface area contributed by atoms with E-state index in [9.17, 15) is 23.9 Å². The molecule has 27 heavy (non-hydrogen) atoms. The number of ketones is 3. The zero-order chi connectivity index (χ0) is 19.8. The molecule has 148 valence electrons. The third-order valence-electron chi connectivity index (χ3n) is 8.48.